The zero-order valence-electron chi connectivity index (χ0n) is 10.8. The second-order valence-electron chi connectivity index (χ2n) is 5.06. The molecular weight excluding hydrogens is 259 g/mol. The zero-order chi connectivity index (χ0) is 14.7. The second kappa shape index (κ2) is 5.90. The lowest BCUT2D eigenvalue weighted by Crippen LogP contribution is -2.44. The molecule has 0 aliphatic rings. The monoisotopic (exact) mass is 277 g/mol. The van der Waals surface area contributed by atoms with Gasteiger partial charge in [0.15, 0.2) is 0 Å². The Labute approximate surface area is 110 Å². The van der Waals surface area contributed by atoms with Crippen LogP contribution in [0.3, 0.4) is 0 Å². The number of β-amino-alcohol motifs (C(OH)–C–C–N with tert-alkyl or cyclic N) is 1. The van der Waals surface area contributed by atoms with Crippen molar-refractivity contribution in [1.82, 2.24) is 5.32 Å². The van der Waals surface area contributed by atoms with Gasteiger partial charge in [-0.1, -0.05) is 12.1 Å². The number of alkyl halides is 3. The fourth-order valence-electron chi connectivity index (χ4n) is 1.44. The van der Waals surface area contributed by atoms with E-state index < -0.39 is 23.4 Å². The molecule has 1 aromatic rings. The fourth-order valence-corrected chi connectivity index (χ4v) is 1.44. The minimum atomic E-state index is -4.37. The van der Waals surface area contributed by atoms with E-state index in [1.54, 1.807) is 13.8 Å². The van der Waals surface area contributed by atoms with Gasteiger partial charge in [0.05, 0.1) is 18.3 Å². The van der Waals surface area contributed by atoms with Gasteiger partial charge in [0.2, 0.25) is 0 Å². The van der Waals surface area contributed by atoms with Gasteiger partial charge in [-0.15, -0.1) is 0 Å². The third kappa shape index (κ3) is 4.81. The molecule has 0 bridgehead atoms. The van der Waals surface area contributed by atoms with Gasteiger partial charge in [-0.3, -0.25) is 0 Å². The van der Waals surface area contributed by atoms with Crippen molar-refractivity contribution in [2.45, 2.75) is 31.7 Å². The maximum absolute atomic E-state index is 12.4. The number of aliphatic hydroxyl groups excluding tert-OH is 2. The Balaban J connectivity index is 2.66. The van der Waals surface area contributed by atoms with Crippen LogP contribution < -0.4 is 5.32 Å². The van der Waals surface area contributed by atoms with E-state index >= 15 is 0 Å². The molecule has 1 unspecified atom stereocenters. The van der Waals surface area contributed by atoms with Gasteiger partial charge in [0.25, 0.3) is 0 Å². The molecule has 0 heterocycles. The van der Waals surface area contributed by atoms with Crippen LogP contribution >= 0.6 is 0 Å². The molecule has 0 saturated carbocycles. The molecule has 3 N–H and O–H groups in total. The number of hydrogen-bond acceptors (Lipinski definition) is 3. The Kier molecular flexibility index (Phi) is 4.95. The summed E-state index contributed by atoms with van der Waals surface area (Å²) in [4.78, 5) is 0. The summed E-state index contributed by atoms with van der Waals surface area (Å²) in [5.74, 6) is 0. The van der Waals surface area contributed by atoms with Crippen LogP contribution in [0.25, 0.3) is 0 Å². The number of halogens is 3. The normalized spacial score (nSPS) is 14.5. The third-order valence-electron chi connectivity index (χ3n) is 2.79. The van der Waals surface area contributed by atoms with Crippen LogP contribution in [-0.4, -0.2) is 28.9 Å². The molecule has 6 heteroatoms. The molecule has 0 aliphatic carbocycles. The molecule has 0 amide bonds. The standard InChI is InChI=1S/C13H18F3NO2/c1-12(2,8-18)17-7-11(19)9-3-5-10(6-4-9)13(14,15)16/h3-6,11,17-19H,7-8H2,1-2H3. The Morgan fingerprint density at radius 3 is 2.11 bits per heavy atom. The highest BCUT2D eigenvalue weighted by Gasteiger charge is 2.30. The Morgan fingerprint density at radius 1 is 1.16 bits per heavy atom. The quantitative estimate of drug-likeness (QED) is 0.772. The first-order valence-electron chi connectivity index (χ1n) is 5.87. The van der Waals surface area contributed by atoms with Crippen LogP contribution in [0.2, 0.25) is 0 Å². The molecule has 19 heavy (non-hydrogen) atoms. The first-order valence-corrected chi connectivity index (χ1v) is 5.87. The smallest absolute Gasteiger partial charge is 0.394 e. The van der Waals surface area contributed by atoms with E-state index in [1.807, 2.05) is 0 Å². The van der Waals surface area contributed by atoms with E-state index in [0.29, 0.717) is 5.56 Å². The van der Waals surface area contributed by atoms with Gasteiger partial charge < -0.3 is 15.5 Å². The van der Waals surface area contributed by atoms with Gasteiger partial charge in [-0.2, -0.15) is 13.2 Å². The molecule has 0 aliphatic heterocycles. The summed E-state index contributed by atoms with van der Waals surface area (Å²) in [5.41, 5.74) is -0.895. The van der Waals surface area contributed by atoms with Gasteiger partial charge in [-0.05, 0) is 31.5 Å². The lowest BCUT2D eigenvalue weighted by molar-refractivity contribution is -0.137. The predicted molar refractivity (Wildman–Crippen MR) is 65.6 cm³/mol. The minimum Gasteiger partial charge on any atom is -0.394 e. The van der Waals surface area contributed by atoms with E-state index in [2.05, 4.69) is 5.32 Å². The predicted octanol–water partition coefficient (Wildman–Crippen LogP) is 2.10. The topological polar surface area (TPSA) is 52.5 Å². The second-order valence-corrected chi connectivity index (χ2v) is 5.06. The van der Waals surface area contributed by atoms with Crippen LogP contribution in [-0.2, 0) is 6.18 Å². The minimum absolute atomic E-state index is 0.104. The Bertz CT molecular complexity index is 401. The lowest BCUT2D eigenvalue weighted by atomic mass is 10.0. The van der Waals surface area contributed by atoms with Crippen LogP contribution in [0.5, 0.6) is 0 Å². The molecule has 1 atom stereocenters. The number of nitrogens with one attached hydrogen (secondary N) is 1. The molecule has 0 saturated heterocycles. The van der Waals surface area contributed by atoms with E-state index in [1.165, 1.54) is 12.1 Å². The number of aliphatic hydroxyl groups is 2. The first-order chi connectivity index (χ1) is 8.65. The number of hydrogen-bond donors (Lipinski definition) is 3. The van der Waals surface area contributed by atoms with Gasteiger partial charge in [0.1, 0.15) is 0 Å². The number of benzene rings is 1. The van der Waals surface area contributed by atoms with Crippen LogP contribution in [0, 0.1) is 0 Å². The van der Waals surface area contributed by atoms with Crippen molar-refractivity contribution < 1.29 is 23.4 Å². The number of rotatable bonds is 5. The SMILES string of the molecule is CC(C)(CO)NCC(O)c1ccc(C(F)(F)F)cc1. The average molecular weight is 277 g/mol. The van der Waals surface area contributed by atoms with Crippen LogP contribution in [0.1, 0.15) is 31.1 Å². The molecule has 108 valence electrons. The molecule has 1 rings (SSSR count). The lowest BCUT2D eigenvalue weighted by Gasteiger charge is -2.25. The van der Waals surface area contributed by atoms with E-state index in [-0.39, 0.29) is 13.2 Å². The summed E-state index contributed by atoms with van der Waals surface area (Å²) in [7, 11) is 0. The third-order valence-corrected chi connectivity index (χ3v) is 2.79. The Morgan fingerprint density at radius 2 is 1.68 bits per heavy atom. The molecule has 0 radical (unpaired) electrons. The van der Waals surface area contributed by atoms with Gasteiger partial charge >= 0.3 is 6.18 Å². The maximum atomic E-state index is 12.4. The van der Waals surface area contributed by atoms with E-state index in [9.17, 15) is 18.3 Å². The summed E-state index contributed by atoms with van der Waals surface area (Å²) in [6, 6.07) is 4.38. The fraction of sp³-hybridized carbons (Fsp3) is 0.538. The van der Waals surface area contributed by atoms with Crippen LogP contribution in [0.4, 0.5) is 13.2 Å². The summed E-state index contributed by atoms with van der Waals surface area (Å²) >= 11 is 0. The highest BCUT2D eigenvalue weighted by Crippen LogP contribution is 2.29. The largest absolute Gasteiger partial charge is 0.416 e. The van der Waals surface area contributed by atoms with Crippen molar-refractivity contribution in [1.29, 1.82) is 0 Å². The molecule has 1 aromatic carbocycles. The molecule has 0 fully saturated rings. The van der Waals surface area contributed by atoms with Crippen LogP contribution in [0.15, 0.2) is 24.3 Å². The summed E-state index contributed by atoms with van der Waals surface area (Å²) in [6.45, 7) is 3.56. The van der Waals surface area contributed by atoms with E-state index in [4.69, 9.17) is 5.11 Å². The van der Waals surface area contributed by atoms with Gasteiger partial charge in [0, 0.05) is 12.1 Å². The zero-order valence-corrected chi connectivity index (χ0v) is 10.8. The van der Waals surface area contributed by atoms with E-state index in [0.717, 1.165) is 12.1 Å². The summed E-state index contributed by atoms with van der Waals surface area (Å²) in [5, 5.41) is 21.8. The summed E-state index contributed by atoms with van der Waals surface area (Å²) in [6.07, 6.45) is -5.30. The first kappa shape index (κ1) is 15.9. The van der Waals surface area contributed by atoms with Crippen molar-refractivity contribution in [2.75, 3.05) is 13.2 Å². The summed E-state index contributed by atoms with van der Waals surface area (Å²) < 4.78 is 37.1. The highest BCUT2D eigenvalue weighted by atomic mass is 19.4. The molecule has 3 nitrogen and oxygen atoms in total. The van der Waals surface area contributed by atoms with Crippen molar-refractivity contribution in [3.8, 4) is 0 Å². The van der Waals surface area contributed by atoms with Crippen molar-refractivity contribution in [2.24, 2.45) is 0 Å². The molecule has 0 aromatic heterocycles. The van der Waals surface area contributed by atoms with Crippen molar-refractivity contribution in [3.63, 3.8) is 0 Å². The molecular formula is C13H18F3NO2. The van der Waals surface area contributed by atoms with Gasteiger partial charge in [-0.25, -0.2) is 0 Å². The van der Waals surface area contributed by atoms with Crippen molar-refractivity contribution in [3.05, 3.63) is 35.4 Å². The molecule has 0 spiro atoms. The Hall–Kier alpha value is -1.11. The average Bonchev–Trinajstić information content (AvgIpc) is 2.35. The highest BCUT2D eigenvalue weighted by molar-refractivity contribution is 5.26. The van der Waals surface area contributed by atoms with Crippen molar-refractivity contribution >= 4 is 0 Å². The maximum Gasteiger partial charge on any atom is 0.416 e.